The third-order valence-electron chi connectivity index (χ3n) is 3.88. The second kappa shape index (κ2) is 7.71. The lowest BCUT2D eigenvalue weighted by Crippen LogP contribution is -2.13. The van der Waals surface area contributed by atoms with Gasteiger partial charge in [0.15, 0.2) is 11.5 Å². The van der Waals surface area contributed by atoms with Crippen LogP contribution in [0.4, 0.5) is 13.2 Å². The van der Waals surface area contributed by atoms with Crippen molar-refractivity contribution in [2.45, 2.75) is 19.5 Å². The Labute approximate surface area is 158 Å². The third kappa shape index (κ3) is 4.67. The zero-order valence-electron chi connectivity index (χ0n) is 14.9. The highest BCUT2D eigenvalue weighted by Crippen LogP contribution is 2.26. The molecule has 2 aromatic heterocycles. The maximum Gasteiger partial charge on any atom is 0.392 e. The first-order valence-corrected chi connectivity index (χ1v) is 8.36. The molecule has 1 aromatic carbocycles. The predicted octanol–water partition coefficient (Wildman–Crippen LogP) is 3.67. The Morgan fingerprint density at radius 2 is 1.89 bits per heavy atom. The van der Waals surface area contributed by atoms with Gasteiger partial charge in [-0.05, 0) is 48.9 Å². The molecule has 0 saturated heterocycles. The van der Waals surface area contributed by atoms with Crippen LogP contribution in [0.1, 0.15) is 22.5 Å². The summed E-state index contributed by atoms with van der Waals surface area (Å²) in [6.07, 6.45) is -3.62. The summed E-state index contributed by atoms with van der Waals surface area (Å²) >= 11 is 0. The smallest absolute Gasteiger partial charge is 0.392 e. The number of pyridine rings is 1. The minimum Gasteiger partial charge on any atom is -0.493 e. The van der Waals surface area contributed by atoms with Crippen LogP contribution in [-0.4, -0.2) is 33.5 Å². The number of rotatable bonds is 6. The molecule has 3 aromatic rings. The number of ether oxygens (including phenoxy) is 1. The van der Waals surface area contributed by atoms with Crippen LogP contribution < -0.4 is 10.5 Å². The zero-order chi connectivity index (χ0) is 20.3. The Morgan fingerprint density at radius 1 is 1.18 bits per heavy atom. The van der Waals surface area contributed by atoms with E-state index in [1.807, 2.05) is 13.0 Å². The summed E-state index contributed by atoms with van der Waals surface area (Å²) in [5.74, 6) is 0.125. The van der Waals surface area contributed by atoms with Crippen LogP contribution in [0.2, 0.25) is 0 Å². The summed E-state index contributed by atoms with van der Waals surface area (Å²) < 4.78 is 43.2. The monoisotopic (exact) mass is 390 g/mol. The van der Waals surface area contributed by atoms with E-state index in [-0.39, 0.29) is 5.69 Å². The molecule has 0 radical (unpaired) electrons. The normalized spacial score (nSPS) is 11.4. The molecular formula is C19H17F3N4O2. The summed E-state index contributed by atoms with van der Waals surface area (Å²) in [6.45, 7) is 1.44. The fourth-order valence-corrected chi connectivity index (χ4v) is 2.47. The number of hydrogen-bond acceptors (Lipinski definition) is 4. The van der Waals surface area contributed by atoms with Crippen molar-refractivity contribution >= 4 is 5.91 Å². The van der Waals surface area contributed by atoms with E-state index in [9.17, 15) is 18.0 Å². The summed E-state index contributed by atoms with van der Waals surface area (Å²) in [4.78, 5) is 15.9. The first kappa shape index (κ1) is 19.4. The summed E-state index contributed by atoms with van der Waals surface area (Å²) in [7, 11) is 0. The van der Waals surface area contributed by atoms with Gasteiger partial charge in [0, 0.05) is 11.8 Å². The average Bonchev–Trinajstić information content (AvgIpc) is 3.07. The van der Waals surface area contributed by atoms with Crippen molar-refractivity contribution in [1.29, 1.82) is 0 Å². The first-order chi connectivity index (χ1) is 13.2. The molecular weight excluding hydrogens is 373 g/mol. The second-order valence-electron chi connectivity index (χ2n) is 6.12. The molecule has 0 atom stereocenters. The number of halogens is 3. The molecule has 0 aliphatic heterocycles. The van der Waals surface area contributed by atoms with E-state index >= 15 is 0 Å². The standard InChI is InChI=1S/C19H17F3N4O2/c1-12-2-7-17(24-11-12)26-16(10-15(25-26)18(23)27)13-3-5-14(6-4-13)28-9-8-19(20,21)22/h2-7,10-11H,8-9H2,1H3,(H2,23,27). The minimum atomic E-state index is -4.27. The number of hydrogen-bond donors (Lipinski definition) is 1. The molecule has 0 saturated carbocycles. The number of benzene rings is 1. The Kier molecular flexibility index (Phi) is 5.34. The number of primary amides is 1. The van der Waals surface area contributed by atoms with Crippen molar-refractivity contribution in [3.63, 3.8) is 0 Å². The number of aryl methyl sites for hydroxylation is 1. The molecule has 3 rings (SSSR count). The Bertz CT molecular complexity index is 964. The highest BCUT2D eigenvalue weighted by Gasteiger charge is 2.26. The van der Waals surface area contributed by atoms with Crippen LogP contribution in [0, 0.1) is 6.92 Å². The molecule has 1 amide bonds. The van der Waals surface area contributed by atoms with Gasteiger partial charge in [0.1, 0.15) is 5.75 Å². The highest BCUT2D eigenvalue weighted by molar-refractivity contribution is 5.92. The second-order valence-corrected chi connectivity index (χ2v) is 6.12. The maximum atomic E-state index is 12.2. The van der Waals surface area contributed by atoms with E-state index in [1.165, 1.54) is 10.7 Å². The van der Waals surface area contributed by atoms with Crippen LogP contribution >= 0.6 is 0 Å². The number of amides is 1. The van der Waals surface area contributed by atoms with Crippen LogP contribution in [0.3, 0.4) is 0 Å². The predicted molar refractivity (Wildman–Crippen MR) is 96.2 cm³/mol. The van der Waals surface area contributed by atoms with E-state index in [0.717, 1.165) is 5.56 Å². The average molecular weight is 390 g/mol. The van der Waals surface area contributed by atoms with Gasteiger partial charge < -0.3 is 10.5 Å². The van der Waals surface area contributed by atoms with Gasteiger partial charge in [-0.25, -0.2) is 9.67 Å². The van der Waals surface area contributed by atoms with Gasteiger partial charge in [0.05, 0.1) is 18.7 Å². The number of alkyl halides is 3. The lowest BCUT2D eigenvalue weighted by Gasteiger charge is -2.10. The summed E-state index contributed by atoms with van der Waals surface area (Å²) in [6, 6.07) is 11.6. The fourth-order valence-electron chi connectivity index (χ4n) is 2.47. The Morgan fingerprint density at radius 3 is 2.46 bits per heavy atom. The molecule has 0 aliphatic rings. The van der Waals surface area contributed by atoms with Crippen molar-refractivity contribution in [3.05, 3.63) is 59.9 Å². The van der Waals surface area contributed by atoms with E-state index in [0.29, 0.717) is 22.8 Å². The van der Waals surface area contributed by atoms with Gasteiger partial charge in [0.25, 0.3) is 5.91 Å². The summed E-state index contributed by atoms with van der Waals surface area (Å²) in [5.41, 5.74) is 7.61. The fraction of sp³-hybridized carbons (Fsp3) is 0.211. The number of nitrogens with zero attached hydrogens (tertiary/aromatic N) is 3. The molecule has 6 nitrogen and oxygen atoms in total. The van der Waals surface area contributed by atoms with E-state index in [4.69, 9.17) is 10.5 Å². The number of aromatic nitrogens is 3. The van der Waals surface area contributed by atoms with Crippen LogP contribution in [-0.2, 0) is 0 Å². The van der Waals surface area contributed by atoms with Crippen molar-refractivity contribution in [2.24, 2.45) is 5.73 Å². The summed E-state index contributed by atoms with van der Waals surface area (Å²) in [5, 5.41) is 4.21. The molecule has 146 valence electrons. The SMILES string of the molecule is Cc1ccc(-n2nc(C(N)=O)cc2-c2ccc(OCCC(F)(F)F)cc2)nc1. The molecule has 2 N–H and O–H groups in total. The van der Waals surface area contributed by atoms with Crippen LogP contribution in [0.25, 0.3) is 17.1 Å². The number of carbonyl (C=O) groups is 1. The highest BCUT2D eigenvalue weighted by atomic mass is 19.4. The van der Waals surface area contributed by atoms with Crippen molar-refractivity contribution in [1.82, 2.24) is 14.8 Å². The van der Waals surface area contributed by atoms with Crippen LogP contribution in [0.15, 0.2) is 48.7 Å². The maximum absolute atomic E-state index is 12.2. The molecule has 0 spiro atoms. The van der Waals surface area contributed by atoms with Crippen LogP contribution in [0.5, 0.6) is 5.75 Å². The Balaban J connectivity index is 1.88. The topological polar surface area (TPSA) is 83.0 Å². The van der Waals surface area contributed by atoms with Gasteiger partial charge in [-0.15, -0.1) is 0 Å². The van der Waals surface area contributed by atoms with E-state index < -0.39 is 25.1 Å². The Hall–Kier alpha value is -3.36. The molecule has 0 aliphatic carbocycles. The molecule has 0 bridgehead atoms. The molecule has 0 fully saturated rings. The van der Waals surface area contributed by atoms with Gasteiger partial charge in [0.2, 0.25) is 0 Å². The van der Waals surface area contributed by atoms with Crippen molar-refractivity contribution in [2.75, 3.05) is 6.61 Å². The van der Waals surface area contributed by atoms with Gasteiger partial charge >= 0.3 is 6.18 Å². The first-order valence-electron chi connectivity index (χ1n) is 8.36. The molecule has 28 heavy (non-hydrogen) atoms. The third-order valence-corrected chi connectivity index (χ3v) is 3.88. The molecule has 0 unspecified atom stereocenters. The van der Waals surface area contributed by atoms with Gasteiger partial charge in [-0.2, -0.15) is 18.3 Å². The van der Waals surface area contributed by atoms with E-state index in [2.05, 4.69) is 10.1 Å². The lowest BCUT2D eigenvalue weighted by molar-refractivity contribution is -0.139. The van der Waals surface area contributed by atoms with Crippen molar-refractivity contribution in [3.8, 4) is 22.8 Å². The van der Waals surface area contributed by atoms with Crippen molar-refractivity contribution < 1.29 is 22.7 Å². The minimum absolute atomic E-state index is 0.0721. The van der Waals surface area contributed by atoms with E-state index in [1.54, 1.807) is 36.5 Å². The largest absolute Gasteiger partial charge is 0.493 e. The number of carbonyl (C=O) groups excluding carboxylic acids is 1. The number of nitrogens with two attached hydrogens (primary N) is 1. The molecule has 9 heteroatoms. The lowest BCUT2D eigenvalue weighted by atomic mass is 10.1. The van der Waals surface area contributed by atoms with Gasteiger partial charge in [-0.1, -0.05) is 6.07 Å². The van der Waals surface area contributed by atoms with Gasteiger partial charge in [-0.3, -0.25) is 4.79 Å². The molecule has 2 heterocycles. The zero-order valence-corrected chi connectivity index (χ0v) is 14.9. The quantitative estimate of drug-likeness (QED) is 0.696.